The first kappa shape index (κ1) is 25.2. The number of hydrogen-bond acceptors (Lipinski definition) is 4. The molecule has 1 heterocycles. The molecule has 38 heavy (non-hydrogen) atoms. The average molecular weight is 521 g/mol. The van der Waals surface area contributed by atoms with E-state index in [0.717, 1.165) is 16.7 Å². The Morgan fingerprint density at radius 2 is 1.32 bits per heavy atom. The quantitative estimate of drug-likeness (QED) is 0.208. The molecule has 0 atom stereocenters. The van der Waals surface area contributed by atoms with Crippen molar-refractivity contribution in [3.63, 3.8) is 0 Å². The minimum atomic E-state index is -0.577. The molecule has 4 aromatic carbocycles. The Balaban J connectivity index is 1.37. The van der Waals surface area contributed by atoms with Crippen LogP contribution in [0.5, 0.6) is 0 Å². The molecule has 0 unspecified atom stereocenters. The van der Waals surface area contributed by atoms with E-state index in [1.54, 1.807) is 23.1 Å². The number of fused-ring (bicyclic) bond motifs is 1. The highest BCUT2D eigenvalue weighted by atomic mass is 35.5. The molecule has 5 rings (SSSR count). The topological polar surface area (TPSA) is 59.5 Å². The summed E-state index contributed by atoms with van der Waals surface area (Å²) in [6.07, 6.45) is 0. The van der Waals surface area contributed by atoms with Crippen molar-refractivity contribution >= 4 is 34.4 Å². The molecule has 5 aromatic rings. The first-order chi connectivity index (χ1) is 18.6. The zero-order valence-corrected chi connectivity index (χ0v) is 21.3. The highest BCUT2D eigenvalue weighted by Gasteiger charge is 2.20. The maximum atomic E-state index is 13.3. The fraction of sp³-hybridized carbons (Fsp3) is 0.0938. The third kappa shape index (κ3) is 6.07. The normalized spacial score (nSPS) is 10.8. The van der Waals surface area contributed by atoms with Crippen LogP contribution in [0.25, 0.3) is 22.2 Å². The lowest BCUT2D eigenvalue weighted by Crippen LogP contribution is -2.34. The van der Waals surface area contributed by atoms with Gasteiger partial charge >= 0.3 is 5.97 Å². The van der Waals surface area contributed by atoms with E-state index in [9.17, 15) is 9.59 Å². The Kier molecular flexibility index (Phi) is 7.76. The number of para-hydroxylation sites is 1. The van der Waals surface area contributed by atoms with Gasteiger partial charge in [0.1, 0.15) is 0 Å². The summed E-state index contributed by atoms with van der Waals surface area (Å²) in [7, 11) is 0. The number of carbonyl (C=O) groups excluding carboxylic acids is 2. The van der Waals surface area contributed by atoms with Crippen LogP contribution in [0.2, 0.25) is 5.02 Å². The van der Waals surface area contributed by atoms with Gasteiger partial charge in [0.25, 0.3) is 5.91 Å². The molecule has 0 spiro atoms. The van der Waals surface area contributed by atoms with Crippen LogP contribution >= 0.6 is 11.6 Å². The monoisotopic (exact) mass is 520 g/mol. The van der Waals surface area contributed by atoms with Gasteiger partial charge in [0.05, 0.1) is 16.8 Å². The molecule has 0 aliphatic heterocycles. The largest absolute Gasteiger partial charge is 0.452 e. The lowest BCUT2D eigenvalue weighted by Gasteiger charge is -2.23. The zero-order valence-electron chi connectivity index (χ0n) is 20.6. The number of rotatable bonds is 8. The van der Waals surface area contributed by atoms with Crippen molar-refractivity contribution < 1.29 is 14.3 Å². The first-order valence-electron chi connectivity index (χ1n) is 12.3. The summed E-state index contributed by atoms with van der Waals surface area (Å²) in [5.41, 5.74) is 4.45. The van der Waals surface area contributed by atoms with Crippen LogP contribution in [-0.4, -0.2) is 28.4 Å². The van der Waals surface area contributed by atoms with Crippen molar-refractivity contribution in [2.45, 2.75) is 13.1 Å². The van der Waals surface area contributed by atoms with Gasteiger partial charge in [-0.25, -0.2) is 9.78 Å². The van der Waals surface area contributed by atoms with E-state index < -0.39 is 5.97 Å². The summed E-state index contributed by atoms with van der Waals surface area (Å²) in [6.45, 7) is 0.446. The Morgan fingerprint density at radius 3 is 1.95 bits per heavy atom. The number of amides is 1. The SMILES string of the molecule is O=C(OCC(=O)N(Cc1ccccc1)Cc1ccccc1)c1cc(-c2ccc(Cl)cc2)nc2ccccc12. The number of hydrogen-bond donors (Lipinski definition) is 0. The van der Waals surface area contributed by atoms with Gasteiger partial charge in [-0.2, -0.15) is 0 Å². The second-order valence-electron chi connectivity index (χ2n) is 8.88. The van der Waals surface area contributed by atoms with Crippen molar-refractivity contribution in [2.75, 3.05) is 6.61 Å². The maximum absolute atomic E-state index is 13.3. The molecule has 1 aromatic heterocycles. The van der Waals surface area contributed by atoms with Gasteiger partial charge in [0.2, 0.25) is 0 Å². The van der Waals surface area contributed by atoms with Crippen molar-refractivity contribution in [3.8, 4) is 11.3 Å². The lowest BCUT2D eigenvalue weighted by atomic mass is 10.0. The molecule has 0 radical (unpaired) electrons. The Hall–Kier alpha value is -4.48. The minimum absolute atomic E-state index is 0.276. The molecular weight excluding hydrogens is 496 g/mol. The van der Waals surface area contributed by atoms with E-state index in [1.165, 1.54) is 0 Å². The van der Waals surface area contributed by atoms with Gasteiger partial charge in [-0.1, -0.05) is 103 Å². The van der Waals surface area contributed by atoms with Crippen LogP contribution in [0.1, 0.15) is 21.5 Å². The van der Waals surface area contributed by atoms with E-state index in [4.69, 9.17) is 21.3 Å². The van der Waals surface area contributed by atoms with Crippen molar-refractivity contribution in [1.82, 2.24) is 9.88 Å². The molecule has 0 aliphatic carbocycles. The predicted octanol–water partition coefficient (Wildman–Crippen LogP) is 6.94. The molecule has 5 nitrogen and oxygen atoms in total. The number of carbonyl (C=O) groups is 2. The molecule has 0 N–H and O–H groups in total. The summed E-state index contributed by atoms with van der Waals surface area (Å²) in [6, 6.07) is 35.8. The van der Waals surface area contributed by atoms with E-state index in [2.05, 4.69) is 0 Å². The van der Waals surface area contributed by atoms with Crippen molar-refractivity contribution in [3.05, 3.63) is 137 Å². The number of esters is 1. The number of halogens is 1. The maximum Gasteiger partial charge on any atom is 0.339 e. The minimum Gasteiger partial charge on any atom is -0.452 e. The fourth-order valence-electron chi connectivity index (χ4n) is 4.25. The molecular formula is C32H25ClN2O3. The summed E-state index contributed by atoms with van der Waals surface area (Å²) >= 11 is 6.04. The van der Waals surface area contributed by atoms with E-state index in [1.807, 2.05) is 97.1 Å². The Bertz CT molecular complexity index is 1510. The highest BCUT2D eigenvalue weighted by molar-refractivity contribution is 6.30. The van der Waals surface area contributed by atoms with Gasteiger partial charge in [-0.15, -0.1) is 0 Å². The van der Waals surface area contributed by atoms with E-state index >= 15 is 0 Å². The molecule has 1 amide bonds. The number of benzene rings is 4. The number of nitrogens with zero attached hydrogens (tertiary/aromatic N) is 2. The molecule has 0 aliphatic rings. The second-order valence-corrected chi connectivity index (χ2v) is 9.31. The Labute approximate surface area is 226 Å². The molecule has 0 saturated carbocycles. The number of pyridine rings is 1. The van der Waals surface area contributed by atoms with E-state index in [0.29, 0.717) is 40.3 Å². The molecule has 0 fully saturated rings. The third-order valence-electron chi connectivity index (χ3n) is 6.19. The predicted molar refractivity (Wildman–Crippen MR) is 150 cm³/mol. The zero-order chi connectivity index (χ0) is 26.3. The summed E-state index contributed by atoms with van der Waals surface area (Å²) < 4.78 is 5.59. The summed E-state index contributed by atoms with van der Waals surface area (Å²) in [5, 5.41) is 1.27. The fourth-order valence-corrected chi connectivity index (χ4v) is 4.37. The van der Waals surface area contributed by atoms with Crippen LogP contribution in [0.3, 0.4) is 0 Å². The van der Waals surface area contributed by atoms with Gasteiger partial charge in [0, 0.05) is 29.1 Å². The van der Waals surface area contributed by atoms with Crippen LogP contribution in [0.15, 0.2) is 115 Å². The van der Waals surface area contributed by atoms with Crippen molar-refractivity contribution in [1.29, 1.82) is 0 Å². The third-order valence-corrected chi connectivity index (χ3v) is 6.44. The van der Waals surface area contributed by atoms with Gasteiger partial charge in [0.15, 0.2) is 6.61 Å². The van der Waals surface area contributed by atoms with E-state index in [-0.39, 0.29) is 12.5 Å². The Morgan fingerprint density at radius 1 is 0.737 bits per heavy atom. The van der Waals surface area contributed by atoms with Crippen LogP contribution in [-0.2, 0) is 22.6 Å². The molecule has 0 saturated heterocycles. The lowest BCUT2D eigenvalue weighted by molar-refractivity contribution is -0.135. The summed E-state index contributed by atoms with van der Waals surface area (Å²) in [4.78, 5) is 33.0. The molecule has 0 bridgehead atoms. The van der Waals surface area contributed by atoms with Gasteiger partial charge in [-0.3, -0.25) is 4.79 Å². The van der Waals surface area contributed by atoms with Crippen LogP contribution in [0.4, 0.5) is 0 Å². The number of aromatic nitrogens is 1. The van der Waals surface area contributed by atoms with Gasteiger partial charge in [-0.05, 0) is 35.4 Å². The smallest absolute Gasteiger partial charge is 0.339 e. The average Bonchev–Trinajstić information content (AvgIpc) is 2.96. The van der Waals surface area contributed by atoms with Crippen LogP contribution in [0, 0.1) is 0 Å². The van der Waals surface area contributed by atoms with Crippen LogP contribution < -0.4 is 0 Å². The molecule has 6 heteroatoms. The first-order valence-corrected chi connectivity index (χ1v) is 12.6. The number of ether oxygens (including phenoxy) is 1. The van der Waals surface area contributed by atoms with Crippen molar-refractivity contribution in [2.24, 2.45) is 0 Å². The standard InChI is InChI=1S/C32H25ClN2O3/c33-26-17-15-25(16-18-26)30-19-28(27-13-7-8-14-29(27)34-30)32(37)38-22-31(36)35(20-23-9-3-1-4-10-23)21-24-11-5-2-6-12-24/h1-19H,20-22H2. The van der Waals surface area contributed by atoms with Gasteiger partial charge < -0.3 is 9.64 Å². The summed E-state index contributed by atoms with van der Waals surface area (Å²) in [5.74, 6) is -0.853. The molecule has 188 valence electrons. The second kappa shape index (κ2) is 11.7. The highest BCUT2D eigenvalue weighted by Crippen LogP contribution is 2.26.